The normalized spacial score (nSPS) is 12.9. The fraction of sp³-hybridized carbons (Fsp3) is 0.143. The molecule has 0 unspecified atom stereocenters. The Morgan fingerprint density at radius 2 is 1.38 bits per heavy atom. The summed E-state index contributed by atoms with van der Waals surface area (Å²) in [5.74, 6) is 0.0245. The van der Waals surface area contributed by atoms with Crippen LogP contribution in [-0.2, 0) is 26.4 Å². The fourth-order valence-electron chi connectivity index (χ4n) is 5.16. The van der Waals surface area contributed by atoms with E-state index in [-0.39, 0.29) is 6.61 Å². The second kappa shape index (κ2) is 12.9. The van der Waals surface area contributed by atoms with Gasteiger partial charge in [-0.2, -0.15) is 0 Å². The van der Waals surface area contributed by atoms with Crippen LogP contribution in [0.1, 0.15) is 22.7 Å². The third kappa shape index (κ3) is 5.90. The molecule has 2 atom stereocenters. The molecule has 5 aromatic carbocycles. The van der Waals surface area contributed by atoms with E-state index in [1.54, 1.807) is 19.2 Å². The van der Waals surface area contributed by atoms with Crippen molar-refractivity contribution in [2.24, 2.45) is 0 Å². The molecule has 0 bridgehead atoms. The van der Waals surface area contributed by atoms with Gasteiger partial charge in [0.15, 0.2) is 5.54 Å². The zero-order chi connectivity index (χ0) is 29.4. The van der Waals surface area contributed by atoms with Crippen molar-refractivity contribution in [3.8, 4) is 5.75 Å². The lowest BCUT2D eigenvalue weighted by atomic mass is 9.77. The molecular weight excluding hydrogens is 528 g/mol. The number of fused-ring (bicyclic) bond motifs is 1. The monoisotopic (exact) mass is 560 g/mol. The molecule has 7 nitrogen and oxygen atoms in total. The summed E-state index contributed by atoms with van der Waals surface area (Å²) < 4.78 is 16.5. The van der Waals surface area contributed by atoms with Crippen LogP contribution in [0, 0.1) is 0 Å². The van der Waals surface area contributed by atoms with Gasteiger partial charge < -0.3 is 19.5 Å². The number of alkyl carbamates (subject to hydrolysis) is 1. The zero-order valence-corrected chi connectivity index (χ0v) is 23.5. The van der Waals surface area contributed by atoms with Crippen LogP contribution in [0.2, 0.25) is 0 Å². The van der Waals surface area contributed by atoms with E-state index in [0.717, 1.165) is 21.9 Å². The van der Waals surface area contributed by atoms with Crippen molar-refractivity contribution in [2.75, 3.05) is 19.5 Å². The molecule has 5 rings (SSSR count). The van der Waals surface area contributed by atoms with Gasteiger partial charge in [0, 0.05) is 5.69 Å². The van der Waals surface area contributed by atoms with Crippen molar-refractivity contribution in [3.05, 3.63) is 144 Å². The number of carbonyl (C=O) groups is 2. The minimum atomic E-state index is -1.74. The summed E-state index contributed by atoms with van der Waals surface area (Å²) >= 11 is 0. The van der Waals surface area contributed by atoms with Crippen LogP contribution >= 0.6 is 0 Å². The molecule has 212 valence electrons. The maximum absolute atomic E-state index is 14.1. The molecule has 0 aliphatic heterocycles. The Bertz CT molecular complexity index is 1640. The van der Waals surface area contributed by atoms with Crippen LogP contribution in [0.15, 0.2) is 127 Å². The van der Waals surface area contributed by atoms with E-state index in [0.29, 0.717) is 17.0 Å². The number of anilines is 1. The second-order valence-electron chi connectivity index (χ2n) is 9.73. The highest BCUT2D eigenvalue weighted by Gasteiger charge is 2.51. The van der Waals surface area contributed by atoms with Gasteiger partial charge in [0.2, 0.25) is 0 Å². The minimum Gasteiger partial charge on any atom is -0.497 e. The largest absolute Gasteiger partial charge is 0.497 e. The SMILES string of the molecule is COC(=O)[C@](NC(=O)OCc1ccccc1)(c1ccccc1)[C@H](Nc1ccc(OC)cc1)c1cccc2ccccc12. The third-order valence-electron chi connectivity index (χ3n) is 7.22. The highest BCUT2D eigenvalue weighted by molar-refractivity contribution is 5.92. The van der Waals surface area contributed by atoms with E-state index < -0.39 is 23.6 Å². The lowest BCUT2D eigenvalue weighted by molar-refractivity contribution is -0.149. The number of amides is 1. The van der Waals surface area contributed by atoms with Gasteiger partial charge in [0.25, 0.3) is 0 Å². The van der Waals surface area contributed by atoms with Gasteiger partial charge in [0.05, 0.1) is 20.3 Å². The topological polar surface area (TPSA) is 85.9 Å². The van der Waals surface area contributed by atoms with E-state index in [4.69, 9.17) is 14.2 Å². The first kappa shape index (κ1) is 28.2. The summed E-state index contributed by atoms with van der Waals surface area (Å²) in [6.07, 6.45) is -0.769. The Balaban J connectivity index is 1.68. The van der Waals surface area contributed by atoms with Crippen LogP contribution in [0.25, 0.3) is 10.8 Å². The smallest absolute Gasteiger partial charge is 0.408 e. The number of esters is 1. The first-order chi connectivity index (χ1) is 20.5. The van der Waals surface area contributed by atoms with Crippen LogP contribution in [-0.4, -0.2) is 26.3 Å². The van der Waals surface area contributed by atoms with Crippen LogP contribution in [0.4, 0.5) is 10.5 Å². The summed E-state index contributed by atoms with van der Waals surface area (Å²) in [5.41, 5.74) is 1.08. The van der Waals surface area contributed by atoms with Crippen LogP contribution < -0.4 is 15.4 Å². The Labute approximate surface area is 245 Å². The summed E-state index contributed by atoms with van der Waals surface area (Å²) in [6.45, 7) is 0.0313. The quantitative estimate of drug-likeness (QED) is 0.179. The first-order valence-corrected chi connectivity index (χ1v) is 13.6. The predicted molar refractivity (Wildman–Crippen MR) is 163 cm³/mol. The fourth-order valence-corrected chi connectivity index (χ4v) is 5.16. The molecule has 42 heavy (non-hydrogen) atoms. The lowest BCUT2D eigenvalue weighted by Gasteiger charge is -2.40. The molecule has 0 heterocycles. The Kier molecular flexibility index (Phi) is 8.68. The van der Waals surface area contributed by atoms with Gasteiger partial charge in [-0.25, -0.2) is 9.59 Å². The summed E-state index contributed by atoms with van der Waals surface area (Å²) in [7, 11) is 2.91. The molecule has 1 amide bonds. The number of rotatable bonds is 10. The summed E-state index contributed by atoms with van der Waals surface area (Å²) in [6, 6.07) is 38.8. The molecule has 0 aliphatic rings. The summed E-state index contributed by atoms with van der Waals surface area (Å²) in [5, 5.41) is 8.39. The van der Waals surface area contributed by atoms with Crippen molar-refractivity contribution in [2.45, 2.75) is 18.2 Å². The summed E-state index contributed by atoms with van der Waals surface area (Å²) in [4.78, 5) is 27.7. The number of ether oxygens (including phenoxy) is 3. The Morgan fingerprint density at radius 3 is 2.07 bits per heavy atom. The maximum Gasteiger partial charge on any atom is 0.408 e. The standard InChI is InChI=1S/C35H32N2O5/c1-40-29-22-20-28(21-23-29)36-32(31-19-11-15-26-14-9-10-18-30(26)31)35(33(38)41-2,27-16-7-4-8-17-27)37-34(39)42-24-25-12-5-3-6-13-25/h3-23,32,36H,24H2,1-2H3,(H,37,39)/t32-,35+/m1/s1. The van der Waals surface area contributed by atoms with Crippen molar-refractivity contribution in [3.63, 3.8) is 0 Å². The van der Waals surface area contributed by atoms with Gasteiger partial charge in [-0.05, 0) is 51.7 Å². The molecule has 7 heteroatoms. The van der Waals surface area contributed by atoms with Gasteiger partial charge in [-0.15, -0.1) is 0 Å². The Hall–Kier alpha value is -5.30. The molecule has 0 aliphatic carbocycles. The number of benzene rings is 5. The molecule has 0 spiro atoms. The average molecular weight is 561 g/mol. The van der Waals surface area contributed by atoms with Crippen LogP contribution in [0.5, 0.6) is 5.75 Å². The number of hydrogen-bond donors (Lipinski definition) is 2. The van der Waals surface area contributed by atoms with Crippen molar-refractivity contribution >= 4 is 28.5 Å². The molecule has 0 fully saturated rings. The van der Waals surface area contributed by atoms with Crippen molar-refractivity contribution in [1.82, 2.24) is 5.32 Å². The van der Waals surface area contributed by atoms with E-state index in [1.807, 2.05) is 115 Å². The number of hydrogen-bond acceptors (Lipinski definition) is 6. The Morgan fingerprint density at radius 1 is 0.738 bits per heavy atom. The molecule has 0 aromatic heterocycles. The van der Waals surface area contributed by atoms with E-state index in [9.17, 15) is 9.59 Å². The molecule has 5 aromatic rings. The zero-order valence-electron chi connectivity index (χ0n) is 23.5. The van der Waals surface area contributed by atoms with Gasteiger partial charge in [-0.3, -0.25) is 5.32 Å². The average Bonchev–Trinajstić information content (AvgIpc) is 3.06. The number of carbonyl (C=O) groups excluding carboxylic acids is 2. The van der Waals surface area contributed by atoms with Crippen molar-refractivity contribution in [1.29, 1.82) is 0 Å². The van der Waals surface area contributed by atoms with E-state index in [1.165, 1.54) is 7.11 Å². The van der Waals surface area contributed by atoms with Gasteiger partial charge >= 0.3 is 12.1 Å². The molecule has 0 radical (unpaired) electrons. The molecule has 0 saturated heterocycles. The highest BCUT2D eigenvalue weighted by Crippen LogP contribution is 2.42. The van der Waals surface area contributed by atoms with E-state index >= 15 is 0 Å². The first-order valence-electron chi connectivity index (χ1n) is 13.6. The van der Waals surface area contributed by atoms with Gasteiger partial charge in [-0.1, -0.05) is 103 Å². The maximum atomic E-state index is 14.1. The third-order valence-corrected chi connectivity index (χ3v) is 7.22. The number of methoxy groups -OCH3 is 2. The lowest BCUT2D eigenvalue weighted by Crippen LogP contribution is -2.58. The van der Waals surface area contributed by atoms with E-state index in [2.05, 4.69) is 10.6 Å². The second-order valence-corrected chi connectivity index (χ2v) is 9.73. The minimum absolute atomic E-state index is 0.0313. The highest BCUT2D eigenvalue weighted by atomic mass is 16.6. The molecule has 0 saturated carbocycles. The van der Waals surface area contributed by atoms with Crippen molar-refractivity contribution < 1.29 is 23.8 Å². The number of nitrogens with one attached hydrogen (secondary N) is 2. The van der Waals surface area contributed by atoms with Crippen LogP contribution in [0.3, 0.4) is 0 Å². The molecule has 2 N–H and O–H groups in total. The van der Waals surface area contributed by atoms with Gasteiger partial charge in [0.1, 0.15) is 12.4 Å². The molecular formula is C35H32N2O5. The predicted octanol–water partition coefficient (Wildman–Crippen LogP) is 7.00.